The van der Waals surface area contributed by atoms with E-state index < -0.39 is 11.9 Å². The Hall–Kier alpha value is -4.66. The predicted molar refractivity (Wildman–Crippen MR) is 137 cm³/mol. The highest BCUT2D eigenvalue weighted by Gasteiger charge is 2.39. The predicted octanol–water partition coefficient (Wildman–Crippen LogP) is 4.79. The third-order valence-electron chi connectivity index (χ3n) is 6.59. The minimum absolute atomic E-state index is 0.0302. The summed E-state index contributed by atoms with van der Waals surface area (Å²) < 4.78 is 39.1. The van der Waals surface area contributed by atoms with Crippen LogP contribution in [0, 0.1) is 0 Å². The van der Waals surface area contributed by atoms with Crippen molar-refractivity contribution in [2.45, 2.75) is 12.3 Å². The smallest absolute Gasteiger partial charge is 0.312 e. The van der Waals surface area contributed by atoms with Crippen LogP contribution in [-0.2, 0) is 4.79 Å². The first kappa shape index (κ1) is 25.0. The molecule has 38 heavy (non-hydrogen) atoms. The lowest BCUT2D eigenvalue weighted by Crippen LogP contribution is -2.21. The van der Waals surface area contributed by atoms with Crippen LogP contribution in [0.5, 0.6) is 40.2 Å². The fourth-order valence-corrected chi connectivity index (χ4v) is 4.86. The van der Waals surface area contributed by atoms with E-state index in [0.29, 0.717) is 62.5 Å². The van der Waals surface area contributed by atoms with Crippen LogP contribution >= 0.6 is 0 Å². The number of esters is 1. The van der Waals surface area contributed by atoms with Gasteiger partial charge in [0.1, 0.15) is 11.5 Å². The molecule has 2 aliphatic heterocycles. The summed E-state index contributed by atoms with van der Waals surface area (Å²) >= 11 is 0. The van der Waals surface area contributed by atoms with E-state index in [1.165, 1.54) is 28.4 Å². The number of carbonyl (C=O) groups is 2. The number of allylic oxidation sites excluding steroid dienone is 1. The van der Waals surface area contributed by atoms with Crippen LogP contribution in [0.15, 0.2) is 48.2 Å². The first-order valence-electron chi connectivity index (χ1n) is 11.8. The number of methoxy groups -OCH3 is 5. The zero-order valence-corrected chi connectivity index (χ0v) is 21.6. The van der Waals surface area contributed by atoms with Crippen LogP contribution in [0.3, 0.4) is 0 Å². The van der Waals surface area contributed by atoms with Crippen molar-refractivity contribution in [2.24, 2.45) is 0 Å². The summed E-state index contributed by atoms with van der Waals surface area (Å²) in [5.41, 5.74) is 2.29. The van der Waals surface area contributed by atoms with Crippen LogP contribution in [-0.4, -0.2) is 47.3 Å². The van der Waals surface area contributed by atoms with E-state index in [1.54, 1.807) is 55.7 Å². The highest BCUT2D eigenvalue weighted by Crippen LogP contribution is 2.51. The number of benzene rings is 3. The molecule has 3 aromatic rings. The summed E-state index contributed by atoms with van der Waals surface area (Å²) in [4.78, 5) is 26.0. The Morgan fingerprint density at radius 3 is 2.11 bits per heavy atom. The molecule has 0 spiro atoms. The van der Waals surface area contributed by atoms with E-state index in [0.717, 1.165) is 0 Å². The van der Waals surface area contributed by atoms with Gasteiger partial charge in [0.15, 0.2) is 28.8 Å². The minimum atomic E-state index is -0.492. The number of hydrogen-bond donors (Lipinski definition) is 0. The van der Waals surface area contributed by atoms with E-state index in [9.17, 15) is 9.59 Å². The van der Waals surface area contributed by atoms with Gasteiger partial charge in [-0.15, -0.1) is 0 Å². The summed E-state index contributed by atoms with van der Waals surface area (Å²) in [7, 11) is 7.63. The molecule has 0 saturated carbocycles. The Morgan fingerprint density at radius 1 is 0.789 bits per heavy atom. The van der Waals surface area contributed by atoms with Crippen molar-refractivity contribution in [2.75, 3.05) is 35.5 Å². The second kappa shape index (κ2) is 10.0. The molecule has 0 amide bonds. The van der Waals surface area contributed by atoms with Gasteiger partial charge in [-0.1, -0.05) is 12.1 Å². The number of ether oxygens (including phenoxy) is 7. The van der Waals surface area contributed by atoms with E-state index in [-0.39, 0.29) is 18.0 Å². The third-order valence-corrected chi connectivity index (χ3v) is 6.59. The molecule has 9 nitrogen and oxygen atoms in total. The lowest BCUT2D eigenvalue weighted by molar-refractivity contribution is -0.135. The Morgan fingerprint density at radius 2 is 1.47 bits per heavy atom. The second-order valence-corrected chi connectivity index (χ2v) is 8.57. The fourth-order valence-electron chi connectivity index (χ4n) is 4.86. The van der Waals surface area contributed by atoms with Crippen LogP contribution < -0.4 is 33.2 Å². The first-order chi connectivity index (χ1) is 18.4. The third kappa shape index (κ3) is 4.06. The molecule has 0 aliphatic carbocycles. The SMILES string of the molecule is COc1cccc(C=C2Oc3c(ccc4c3C(c3cc(OC)c(OC)c(OC)c3)CC(=O)O4)C2=O)c1OC. The van der Waals surface area contributed by atoms with Gasteiger partial charge >= 0.3 is 5.97 Å². The molecule has 9 heteroatoms. The molecule has 0 N–H and O–H groups in total. The van der Waals surface area contributed by atoms with Crippen LogP contribution in [0.1, 0.15) is 39.4 Å². The van der Waals surface area contributed by atoms with Crippen molar-refractivity contribution in [3.8, 4) is 40.2 Å². The maximum absolute atomic E-state index is 13.4. The number of carbonyl (C=O) groups excluding carboxylic acids is 2. The quantitative estimate of drug-likeness (QED) is 0.248. The van der Waals surface area contributed by atoms with E-state index in [4.69, 9.17) is 33.2 Å². The first-order valence-corrected chi connectivity index (χ1v) is 11.8. The molecule has 5 rings (SSSR count). The molecular weight excluding hydrogens is 492 g/mol. The van der Waals surface area contributed by atoms with Gasteiger partial charge in [-0.25, -0.2) is 0 Å². The normalized spacial score (nSPS) is 16.8. The van der Waals surface area contributed by atoms with E-state index in [2.05, 4.69) is 0 Å². The van der Waals surface area contributed by atoms with Crippen molar-refractivity contribution < 1.29 is 42.7 Å². The topological polar surface area (TPSA) is 98.8 Å². The molecule has 2 aliphatic rings. The van der Waals surface area contributed by atoms with Gasteiger partial charge < -0.3 is 33.2 Å². The van der Waals surface area contributed by atoms with Gasteiger partial charge in [0, 0.05) is 17.0 Å². The minimum Gasteiger partial charge on any atom is -0.493 e. The van der Waals surface area contributed by atoms with E-state index >= 15 is 0 Å². The summed E-state index contributed by atoms with van der Waals surface area (Å²) in [6.07, 6.45) is 1.64. The van der Waals surface area contributed by atoms with Gasteiger partial charge in [-0.2, -0.15) is 0 Å². The van der Waals surface area contributed by atoms with Crippen molar-refractivity contribution in [1.29, 1.82) is 0 Å². The van der Waals surface area contributed by atoms with Crippen LogP contribution in [0.25, 0.3) is 6.08 Å². The number of para-hydroxylation sites is 1. The highest BCUT2D eigenvalue weighted by atomic mass is 16.5. The summed E-state index contributed by atoms with van der Waals surface area (Å²) in [6.45, 7) is 0. The Labute approximate surface area is 219 Å². The number of ketones is 1. The molecule has 2 heterocycles. The monoisotopic (exact) mass is 518 g/mol. The number of fused-ring (bicyclic) bond motifs is 3. The Bertz CT molecular complexity index is 1450. The van der Waals surface area contributed by atoms with Gasteiger partial charge in [0.05, 0.1) is 47.5 Å². The number of hydrogen-bond acceptors (Lipinski definition) is 9. The standard InChI is InChI=1S/C29H26O9/c1-32-20-8-6-7-15(27(20)35-4)11-21-26(31)17-9-10-19-25(28(17)38-21)18(14-24(30)37-19)16-12-22(33-2)29(36-5)23(13-16)34-3/h6-13,18H,14H2,1-5H3. The average Bonchev–Trinajstić information content (AvgIpc) is 3.25. The molecule has 0 radical (unpaired) electrons. The van der Waals surface area contributed by atoms with Crippen LogP contribution in [0.4, 0.5) is 0 Å². The van der Waals surface area contributed by atoms with Crippen LogP contribution in [0.2, 0.25) is 0 Å². The number of Topliss-reactive ketones (excluding diaryl/α,β-unsaturated/α-hetero) is 1. The zero-order chi connectivity index (χ0) is 27.0. The van der Waals surface area contributed by atoms with Crippen molar-refractivity contribution >= 4 is 17.8 Å². The maximum atomic E-state index is 13.4. The number of rotatable bonds is 7. The molecule has 1 unspecified atom stereocenters. The van der Waals surface area contributed by atoms with Crippen molar-refractivity contribution in [1.82, 2.24) is 0 Å². The average molecular weight is 519 g/mol. The molecular formula is C29H26O9. The zero-order valence-electron chi connectivity index (χ0n) is 21.6. The molecule has 3 aromatic carbocycles. The Balaban J connectivity index is 1.63. The summed E-state index contributed by atoms with van der Waals surface area (Å²) in [5, 5.41) is 0. The molecule has 0 saturated heterocycles. The van der Waals surface area contributed by atoms with Gasteiger partial charge in [-0.05, 0) is 42.0 Å². The molecule has 196 valence electrons. The summed E-state index contributed by atoms with van der Waals surface area (Å²) in [6, 6.07) is 12.1. The molecule has 0 aromatic heterocycles. The second-order valence-electron chi connectivity index (χ2n) is 8.57. The van der Waals surface area contributed by atoms with Crippen molar-refractivity contribution in [3.05, 3.63) is 70.5 Å². The Kier molecular flexibility index (Phi) is 6.59. The van der Waals surface area contributed by atoms with Gasteiger partial charge in [-0.3, -0.25) is 9.59 Å². The molecule has 0 fully saturated rings. The lowest BCUT2D eigenvalue weighted by atomic mass is 9.84. The molecule has 1 atom stereocenters. The lowest BCUT2D eigenvalue weighted by Gasteiger charge is -2.27. The molecule has 0 bridgehead atoms. The summed E-state index contributed by atoms with van der Waals surface area (Å²) in [5.74, 6) is 1.89. The van der Waals surface area contributed by atoms with Gasteiger partial charge in [0.25, 0.3) is 0 Å². The van der Waals surface area contributed by atoms with Crippen molar-refractivity contribution in [3.63, 3.8) is 0 Å². The largest absolute Gasteiger partial charge is 0.493 e. The highest BCUT2D eigenvalue weighted by molar-refractivity contribution is 6.15. The van der Waals surface area contributed by atoms with E-state index in [1.807, 2.05) is 0 Å². The fraction of sp³-hybridized carbons (Fsp3) is 0.241. The van der Waals surface area contributed by atoms with Gasteiger partial charge in [0.2, 0.25) is 11.5 Å². The maximum Gasteiger partial charge on any atom is 0.312 e.